The maximum Gasteiger partial charge on any atom is 0.130 e. The number of rotatable bonds is 5. The van der Waals surface area contributed by atoms with Gasteiger partial charge in [0.2, 0.25) is 0 Å². The largest absolute Gasteiger partial charge is 0.395 e. The Balaban J connectivity index is 1.82. The number of fused-ring (bicyclic) bond motifs is 1. The summed E-state index contributed by atoms with van der Waals surface area (Å²) in [6.07, 6.45) is 5.59. The summed E-state index contributed by atoms with van der Waals surface area (Å²) in [5.74, 6) is 0. The molecule has 0 saturated heterocycles. The highest BCUT2D eigenvalue weighted by molar-refractivity contribution is 5.75. The molecule has 6 nitrogen and oxygen atoms in total. The number of hydrogen-bond acceptors (Lipinski definition) is 4. The van der Waals surface area contributed by atoms with E-state index in [2.05, 4.69) is 44.1 Å². The van der Waals surface area contributed by atoms with Gasteiger partial charge in [-0.25, -0.2) is 4.98 Å². The molecule has 0 saturated carbocycles. The van der Waals surface area contributed by atoms with Gasteiger partial charge in [-0.2, -0.15) is 0 Å². The van der Waals surface area contributed by atoms with Crippen molar-refractivity contribution in [1.29, 1.82) is 0 Å². The minimum absolute atomic E-state index is 0.0374. The third-order valence-corrected chi connectivity index (χ3v) is 3.94. The van der Waals surface area contributed by atoms with Crippen molar-refractivity contribution >= 4 is 11.0 Å². The van der Waals surface area contributed by atoms with Crippen molar-refractivity contribution in [1.82, 2.24) is 24.7 Å². The second-order valence-electron chi connectivity index (χ2n) is 5.45. The minimum Gasteiger partial charge on any atom is -0.395 e. The van der Waals surface area contributed by atoms with Crippen molar-refractivity contribution in [2.75, 3.05) is 6.61 Å². The summed E-state index contributed by atoms with van der Waals surface area (Å²) in [6.45, 7) is 2.47. The Bertz CT molecular complexity index is 931. The van der Waals surface area contributed by atoms with Gasteiger partial charge in [-0.05, 0) is 35.4 Å². The Morgan fingerprint density at radius 3 is 2.71 bits per heavy atom. The second-order valence-corrected chi connectivity index (χ2v) is 5.45. The Labute approximate surface area is 139 Å². The van der Waals surface area contributed by atoms with E-state index in [1.54, 1.807) is 6.20 Å². The molecule has 2 aromatic heterocycles. The van der Waals surface area contributed by atoms with E-state index < -0.39 is 0 Å². The molecule has 0 aliphatic rings. The Morgan fingerprint density at radius 1 is 1.08 bits per heavy atom. The van der Waals surface area contributed by atoms with Crippen molar-refractivity contribution in [3.63, 3.8) is 0 Å². The van der Waals surface area contributed by atoms with Crippen LogP contribution in [0.15, 0.2) is 67.3 Å². The third kappa shape index (κ3) is 2.52. The highest BCUT2D eigenvalue weighted by Crippen LogP contribution is 2.28. The molecular weight excluding hydrogens is 302 g/mol. The maximum absolute atomic E-state index is 5.44. The van der Waals surface area contributed by atoms with Gasteiger partial charge in [0.15, 0.2) is 0 Å². The smallest absolute Gasteiger partial charge is 0.130 e. The molecular formula is C18H17N5O. The van der Waals surface area contributed by atoms with Crippen molar-refractivity contribution in [3.05, 3.63) is 78.4 Å². The van der Waals surface area contributed by atoms with E-state index >= 15 is 0 Å². The molecule has 24 heavy (non-hydrogen) atoms. The molecule has 120 valence electrons. The average molecular weight is 319 g/mol. The molecule has 0 radical (unpaired) electrons. The summed E-state index contributed by atoms with van der Waals surface area (Å²) in [4.78, 5) is 11.1. The van der Waals surface area contributed by atoms with Gasteiger partial charge < -0.3 is 9.40 Å². The first-order valence-corrected chi connectivity index (χ1v) is 7.88. The summed E-state index contributed by atoms with van der Waals surface area (Å²) in [5.41, 5.74) is 3.97. The fourth-order valence-electron chi connectivity index (χ4n) is 2.90. The Kier molecular flexibility index (Phi) is 3.70. The van der Waals surface area contributed by atoms with Gasteiger partial charge in [0.25, 0.3) is 0 Å². The number of benzene rings is 2. The van der Waals surface area contributed by atoms with E-state index in [-0.39, 0.29) is 6.04 Å². The molecule has 0 N–H and O–H groups in total. The molecule has 2 heterocycles. The Morgan fingerprint density at radius 2 is 1.96 bits per heavy atom. The lowest BCUT2D eigenvalue weighted by Crippen LogP contribution is -2.12. The quantitative estimate of drug-likeness (QED) is 0.567. The van der Waals surface area contributed by atoms with E-state index in [0.717, 1.165) is 16.6 Å². The zero-order chi connectivity index (χ0) is 16.4. The maximum atomic E-state index is 5.44. The zero-order valence-electron chi connectivity index (χ0n) is 13.3. The van der Waals surface area contributed by atoms with Crippen molar-refractivity contribution in [2.24, 2.45) is 0 Å². The van der Waals surface area contributed by atoms with Crippen LogP contribution in [0.1, 0.15) is 24.1 Å². The van der Waals surface area contributed by atoms with Gasteiger partial charge in [-0.3, -0.25) is 0 Å². The Hall–Kier alpha value is -3.15. The van der Waals surface area contributed by atoms with Crippen molar-refractivity contribution < 1.29 is 4.84 Å². The first-order valence-electron chi connectivity index (χ1n) is 7.88. The summed E-state index contributed by atoms with van der Waals surface area (Å²) in [6, 6.07) is 16.5. The van der Waals surface area contributed by atoms with E-state index in [1.807, 2.05) is 43.7 Å². The standard InChI is InChI=1S/C18H17N5O/c1-2-24-23-17-9-8-15(12-16(17)20-21-23)18(22-11-10-19-13-22)14-6-4-3-5-7-14/h3-13,18H,2H2,1H3. The molecule has 4 rings (SSSR count). The molecule has 1 unspecified atom stereocenters. The lowest BCUT2D eigenvalue weighted by molar-refractivity contribution is 0.0979. The van der Waals surface area contributed by atoms with Crippen LogP contribution in [0.4, 0.5) is 0 Å². The highest BCUT2D eigenvalue weighted by atomic mass is 16.7. The van der Waals surface area contributed by atoms with Crippen LogP contribution in [0.2, 0.25) is 0 Å². The van der Waals surface area contributed by atoms with Gasteiger partial charge in [0.1, 0.15) is 17.6 Å². The second kappa shape index (κ2) is 6.16. The highest BCUT2D eigenvalue weighted by Gasteiger charge is 2.17. The van der Waals surface area contributed by atoms with Crippen LogP contribution in [0.25, 0.3) is 11.0 Å². The van der Waals surface area contributed by atoms with E-state index in [4.69, 9.17) is 4.84 Å². The normalized spacial score (nSPS) is 12.4. The monoisotopic (exact) mass is 319 g/mol. The topological polar surface area (TPSA) is 57.8 Å². The molecule has 0 bridgehead atoms. The molecule has 0 spiro atoms. The molecule has 0 fully saturated rings. The number of aromatic nitrogens is 5. The number of imidazole rings is 1. The predicted octanol–water partition coefficient (Wildman–Crippen LogP) is 2.71. The van der Waals surface area contributed by atoms with E-state index in [1.165, 1.54) is 10.4 Å². The van der Waals surface area contributed by atoms with Gasteiger partial charge in [0.05, 0.1) is 12.4 Å². The van der Waals surface area contributed by atoms with Crippen LogP contribution in [0, 0.1) is 0 Å². The summed E-state index contributed by atoms with van der Waals surface area (Å²) >= 11 is 0. The van der Waals surface area contributed by atoms with Gasteiger partial charge in [0, 0.05) is 12.4 Å². The van der Waals surface area contributed by atoms with E-state index in [9.17, 15) is 0 Å². The molecule has 0 aliphatic carbocycles. The van der Waals surface area contributed by atoms with Crippen LogP contribution in [-0.2, 0) is 0 Å². The molecule has 0 aliphatic heterocycles. The summed E-state index contributed by atoms with van der Waals surface area (Å²) in [7, 11) is 0. The SMILES string of the molecule is CCOn1nnc2cc(C(c3ccccc3)n3ccnc3)ccc21. The number of nitrogens with zero attached hydrogens (tertiary/aromatic N) is 5. The van der Waals surface area contributed by atoms with Gasteiger partial charge in [-0.1, -0.05) is 41.2 Å². The predicted molar refractivity (Wildman–Crippen MR) is 90.6 cm³/mol. The first-order chi connectivity index (χ1) is 11.9. The fraction of sp³-hybridized carbons (Fsp3) is 0.167. The average Bonchev–Trinajstić information content (AvgIpc) is 3.27. The lowest BCUT2D eigenvalue weighted by atomic mass is 9.98. The summed E-state index contributed by atoms with van der Waals surface area (Å²) in [5, 5.41) is 8.26. The molecule has 4 aromatic rings. The minimum atomic E-state index is 0.0374. The van der Waals surface area contributed by atoms with E-state index in [0.29, 0.717) is 6.61 Å². The number of hydrogen-bond donors (Lipinski definition) is 0. The van der Waals surface area contributed by atoms with Crippen LogP contribution in [0.3, 0.4) is 0 Å². The van der Waals surface area contributed by atoms with Gasteiger partial charge in [-0.15, -0.1) is 5.10 Å². The van der Waals surface area contributed by atoms with Crippen molar-refractivity contribution in [3.8, 4) is 0 Å². The molecule has 0 amide bonds. The molecule has 6 heteroatoms. The first kappa shape index (κ1) is 14.4. The van der Waals surface area contributed by atoms with Gasteiger partial charge >= 0.3 is 0 Å². The summed E-state index contributed by atoms with van der Waals surface area (Å²) < 4.78 is 2.09. The van der Waals surface area contributed by atoms with Crippen LogP contribution >= 0.6 is 0 Å². The zero-order valence-corrected chi connectivity index (χ0v) is 13.3. The van der Waals surface area contributed by atoms with Crippen molar-refractivity contribution in [2.45, 2.75) is 13.0 Å². The van der Waals surface area contributed by atoms with Crippen LogP contribution in [-0.4, -0.2) is 31.3 Å². The fourth-order valence-corrected chi connectivity index (χ4v) is 2.90. The lowest BCUT2D eigenvalue weighted by Gasteiger charge is -2.19. The molecule has 2 aromatic carbocycles. The van der Waals surface area contributed by atoms with Crippen LogP contribution < -0.4 is 4.84 Å². The third-order valence-electron chi connectivity index (χ3n) is 3.94. The molecule has 1 atom stereocenters. The van der Waals surface area contributed by atoms with Crippen LogP contribution in [0.5, 0.6) is 0 Å².